The average Bonchev–Trinajstić information content (AvgIpc) is 2.30. The Labute approximate surface area is 109 Å². The molecule has 1 N–H and O–H groups in total. The minimum Gasteiger partial charge on any atom is -0.393 e. The molecular weight excluding hydrogens is 236 g/mol. The molecule has 0 aliphatic carbocycles. The monoisotopic (exact) mass is 256 g/mol. The van der Waals surface area contributed by atoms with Gasteiger partial charge in [0.15, 0.2) is 0 Å². The normalized spacial score (nSPS) is 13.7. The van der Waals surface area contributed by atoms with Crippen molar-refractivity contribution in [3.63, 3.8) is 0 Å². The average molecular weight is 257 g/mol. The Balaban J connectivity index is 2.39. The highest BCUT2D eigenvalue weighted by Crippen LogP contribution is 2.19. The van der Waals surface area contributed by atoms with E-state index in [9.17, 15) is 5.11 Å². The van der Waals surface area contributed by atoms with Crippen molar-refractivity contribution in [3.8, 4) is 0 Å². The second kappa shape index (κ2) is 6.39. The predicted octanol–water partition coefficient (Wildman–Crippen LogP) is 3.45. The van der Waals surface area contributed by atoms with Crippen LogP contribution in [0.2, 0.25) is 5.02 Å². The highest BCUT2D eigenvalue weighted by atomic mass is 35.5. The van der Waals surface area contributed by atoms with Crippen molar-refractivity contribution in [2.24, 2.45) is 0 Å². The summed E-state index contributed by atoms with van der Waals surface area (Å²) in [6.45, 7) is 4.06. The molecule has 0 spiro atoms. The fourth-order valence-corrected chi connectivity index (χ4v) is 1.74. The first-order chi connectivity index (χ1) is 7.93. The van der Waals surface area contributed by atoms with Gasteiger partial charge in [0.05, 0.1) is 11.7 Å². The van der Waals surface area contributed by atoms with Crippen LogP contribution in [-0.4, -0.2) is 23.9 Å². The minimum absolute atomic E-state index is 0.166. The Morgan fingerprint density at radius 2 is 1.88 bits per heavy atom. The number of aliphatic hydroxyl groups excluding tert-OH is 1. The van der Waals surface area contributed by atoms with Gasteiger partial charge in [-0.2, -0.15) is 0 Å². The van der Waals surface area contributed by atoms with E-state index in [1.54, 1.807) is 7.11 Å². The Kier molecular flexibility index (Phi) is 5.44. The summed E-state index contributed by atoms with van der Waals surface area (Å²) in [6.07, 6.45) is 1.92. The molecule has 3 heteroatoms. The lowest BCUT2D eigenvalue weighted by atomic mass is 9.97. The summed E-state index contributed by atoms with van der Waals surface area (Å²) >= 11 is 5.81. The molecule has 1 atom stereocenters. The predicted molar refractivity (Wildman–Crippen MR) is 71.5 cm³/mol. The molecule has 1 unspecified atom stereocenters. The van der Waals surface area contributed by atoms with Gasteiger partial charge >= 0.3 is 0 Å². The van der Waals surface area contributed by atoms with Gasteiger partial charge in [-0.1, -0.05) is 23.7 Å². The van der Waals surface area contributed by atoms with Crippen LogP contribution in [0, 0.1) is 0 Å². The number of hydrogen-bond donors (Lipinski definition) is 1. The van der Waals surface area contributed by atoms with E-state index in [1.807, 2.05) is 38.1 Å². The second-order valence-electron chi connectivity index (χ2n) is 4.99. The number of hydrogen-bond acceptors (Lipinski definition) is 2. The summed E-state index contributed by atoms with van der Waals surface area (Å²) < 4.78 is 5.33. The lowest BCUT2D eigenvalue weighted by molar-refractivity contribution is 0.00306. The van der Waals surface area contributed by atoms with Crippen LogP contribution >= 0.6 is 11.6 Å². The molecule has 0 amide bonds. The Morgan fingerprint density at radius 1 is 1.29 bits per heavy atom. The third-order valence-electron chi connectivity index (χ3n) is 3.02. The zero-order chi connectivity index (χ0) is 12.9. The number of ether oxygens (including phenoxy) is 1. The topological polar surface area (TPSA) is 29.5 Å². The fraction of sp³-hybridized carbons (Fsp3) is 0.571. The summed E-state index contributed by atoms with van der Waals surface area (Å²) in [7, 11) is 1.70. The molecule has 0 aliphatic heterocycles. The van der Waals surface area contributed by atoms with Crippen LogP contribution in [0.15, 0.2) is 24.3 Å². The van der Waals surface area contributed by atoms with Crippen molar-refractivity contribution in [2.75, 3.05) is 7.11 Å². The van der Waals surface area contributed by atoms with E-state index in [4.69, 9.17) is 16.3 Å². The van der Waals surface area contributed by atoms with Crippen molar-refractivity contribution in [3.05, 3.63) is 34.9 Å². The molecule has 0 radical (unpaired) electrons. The molecule has 1 aromatic rings. The molecule has 1 rings (SSSR count). The number of methoxy groups -OCH3 is 1. The second-order valence-corrected chi connectivity index (χ2v) is 5.42. The van der Waals surface area contributed by atoms with Crippen molar-refractivity contribution < 1.29 is 9.84 Å². The molecule has 1 aromatic carbocycles. The van der Waals surface area contributed by atoms with Gasteiger partial charge in [-0.25, -0.2) is 0 Å². The highest BCUT2D eigenvalue weighted by molar-refractivity contribution is 6.30. The molecule has 0 aliphatic rings. The maximum Gasteiger partial charge on any atom is 0.0623 e. The number of rotatable bonds is 6. The van der Waals surface area contributed by atoms with E-state index in [2.05, 4.69) is 0 Å². The molecule has 0 heterocycles. The summed E-state index contributed by atoms with van der Waals surface area (Å²) in [5.41, 5.74) is 0.943. The Bertz CT molecular complexity index is 333. The van der Waals surface area contributed by atoms with Gasteiger partial charge in [0.1, 0.15) is 0 Å². The van der Waals surface area contributed by atoms with Crippen molar-refractivity contribution in [2.45, 2.75) is 44.8 Å². The zero-order valence-corrected chi connectivity index (χ0v) is 11.5. The van der Waals surface area contributed by atoms with Gasteiger partial charge in [-0.05, 0) is 50.8 Å². The summed E-state index contributed by atoms with van der Waals surface area (Å²) in [5, 5.41) is 10.7. The van der Waals surface area contributed by atoms with E-state index in [0.29, 0.717) is 6.42 Å². The number of benzene rings is 1. The van der Waals surface area contributed by atoms with E-state index in [-0.39, 0.29) is 11.7 Å². The van der Waals surface area contributed by atoms with Crippen molar-refractivity contribution in [1.29, 1.82) is 0 Å². The molecule has 0 bridgehead atoms. The maximum atomic E-state index is 9.94. The van der Waals surface area contributed by atoms with Crippen LogP contribution in [0.4, 0.5) is 0 Å². The van der Waals surface area contributed by atoms with Gasteiger partial charge in [-0.3, -0.25) is 0 Å². The first-order valence-electron chi connectivity index (χ1n) is 5.90. The van der Waals surface area contributed by atoms with Crippen molar-refractivity contribution in [1.82, 2.24) is 0 Å². The number of halogens is 1. The van der Waals surface area contributed by atoms with E-state index >= 15 is 0 Å². The summed E-state index contributed by atoms with van der Waals surface area (Å²) in [4.78, 5) is 0. The molecule has 0 fully saturated rings. The number of aliphatic hydroxyl groups is 1. The van der Waals surface area contributed by atoms with Crippen LogP contribution in [0.5, 0.6) is 0 Å². The van der Waals surface area contributed by atoms with Crippen LogP contribution < -0.4 is 0 Å². The Morgan fingerprint density at radius 3 is 2.41 bits per heavy atom. The van der Waals surface area contributed by atoms with Gasteiger partial charge in [0.2, 0.25) is 0 Å². The zero-order valence-electron chi connectivity index (χ0n) is 10.7. The smallest absolute Gasteiger partial charge is 0.0623 e. The van der Waals surface area contributed by atoms with Crippen LogP contribution in [-0.2, 0) is 11.2 Å². The third-order valence-corrected chi connectivity index (χ3v) is 3.27. The highest BCUT2D eigenvalue weighted by Gasteiger charge is 2.18. The lowest BCUT2D eigenvalue weighted by Crippen LogP contribution is -2.25. The largest absolute Gasteiger partial charge is 0.393 e. The third kappa shape index (κ3) is 5.53. The summed E-state index contributed by atoms with van der Waals surface area (Å²) in [6, 6.07) is 7.60. The molecule has 0 aromatic heterocycles. The van der Waals surface area contributed by atoms with Gasteiger partial charge in [-0.15, -0.1) is 0 Å². The summed E-state index contributed by atoms with van der Waals surface area (Å²) in [5.74, 6) is 0. The standard InChI is InChI=1S/C14H21ClO2/c1-14(2,17-3)9-8-13(16)10-11-4-6-12(15)7-5-11/h4-7,13,16H,8-10H2,1-3H3. The molecule has 2 nitrogen and oxygen atoms in total. The quantitative estimate of drug-likeness (QED) is 0.845. The molecule has 17 heavy (non-hydrogen) atoms. The Hall–Kier alpha value is -0.570. The maximum absolute atomic E-state index is 9.94. The van der Waals surface area contributed by atoms with E-state index in [1.165, 1.54) is 0 Å². The fourth-order valence-electron chi connectivity index (χ4n) is 1.61. The van der Waals surface area contributed by atoms with Gasteiger partial charge in [0.25, 0.3) is 0 Å². The van der Waals surface area contributed by atoms with E-state index < -0.39 is 0 Å². The van der Waals surface area contributed by atoms with Gasteiger partial charge < -0.3 is 9.84 Å². The van der Waals surface area contributed by atoms with Crippen LogP contribution in [0.1, 0.15) is 32.3 Å². The first-order valence-corrected chi connectivity index (χ1v) is 6.28. The molecule has 96 valence electrons. The van der Waals surface area contributed by atoms with Gasteiger partial charge in [0, 0.05) is 12.1 Å². The minimum atomic E-state index is -0.328. The molecule has 0 saturated carbocycles. The lowest BCUT2D eigenvalue weighted by Gasteiger charge is -2.24. The molecular formula is C14H21ClO2. The molecule has 0 saturated heterocycles. The first kappa shape index (κ1) is 14.5. The SMILES string of the molecule is COC(C)(C)CCC(O)Cc1ccc(Cl)cc1. The van der Waals surface area contributed by atoms with Crippen LogP contribution in [0.3, 0.4) is 0 Å². The van der Waals surface area contributed by atoms with Crippen molar-refractivity contribution >= 4 is 11.6 Å². The van der Waals surface area contributed by atoms with Crippen LogP contribution in [0.25, 0.3) is 0 Å². The van der Waals surface area contributed by atoms with E-state index in [0.717, 1.165) is 23.4 Å².